The first-order valence-corrected chi connectivity index (χ1v) is 14.5. The smallest absolute Gasteiger partial charge is 0.262 e. The third-order valence-electron chi connectivity index (χ3n) is 7.60. The molecule has 0 spiro atoms. The predicted molar refractivity (Wildman–Crippen MR) is 151 cm³/mol. The molecule has 1 saturated carbocycles. The van der Waals surface area contributed by atoms with E-state index in [4.69, 9.17) is 16.3 Å². The molecule has 0 radical (unpaired) electrons. The number of nitrogens with zero attached hydrogens (tertiary/aromatic N) is 1. The molecule has 2 amide bonds. The first kappa shape index (κ1) is 29.2. The Morgan fingerprint density at radius 3 is 2.72 bits per heavy atom. The van der Waals surface area contributed by atoms with E-state index in [9.17, 15) is 19.1 Å². The molecule has 0 saturated heterocycles. The minimum atomic E-state index is -0.271. The van der Waals surface area contributed by atoms with E-state index in [1.54, 1.807) is 18.2 Å². The minimum absolute atomic E-state index is 0.00885. The van der Waals surface area contributed by atoms with E-state index in [1.165, 1.54) is 25.3 Å². The highest BCUT2D eigenvalue weighted by molar-refractivity contribution is 6.30. The zero-order valence-electron chi connectivity index (χ0n) is 22.4. The van der Waals surface area contributed by atoms with Crippen molar-refractivity contribution in [1.29, 1.82) is 0 Å². The van der Waals surface area contributed by atoms with E-state index in [-0.39, 0.29) is 30.0 Å². The molecule has 0 atom stereocenters. The molecular formula is C30H39ClFN3O4. The Labute approximate surface area is 235 Å². The summed E-state index contributed by atoms with van der Waals surface area (Å²) in [4.78, 5) is 26.9. The Hall–Kier alpha value is -2.84. The molecule has 0 aromatic heterocycles. The van der Waals surface area contributed by atoms with Crippen molar-refractivity contribution in [2.75, 3.05) is 31.6 Å². The van der Waals surface area contributed by atoms with E-state index < -0.39 is 0 Å². The fraction of sp³-hybridized carbons (Fsp3) is 0.533. The standard InChI is InChI=1S/C30H39ClFN3O4/c31-23-11-12-25(32)22(19-23)14-16-33-17-15-28(38)35(24-8-4-1-5-9-24)18-6-2-3-7-21-10-13-26(36)29-30(21)39-20-27(37)34-29/h10-13,19,24,33,36H,1-9,14-18,20H2,(H,34,37). The Bertz CT molecular complexity index is 1140. The number of phenolic OH excluding ortho intramolecular Hbond substituents is 1. The maximum absolute atomic E-state index is 13.9. The largest absolute Gasteiger partial charge is 0.506 e. The number of halogens is 2. The van der Waals surface area contributed by atoms with Crippen LogP contribution in [0.2, 0.25) is 5.02 Å². The number of aryl methyl sites for hydroxylation is 1. The fourth-order valence-electron chi connectivity index (χ4n) is 5.51. The second kappa shape index (κ2) is 14.5. The second-order valence-electron chi connectivity index (χ2n) is 10.5. The number of aromatic hydroxyl groups is 1. The van der Waals surface area contributed by atoms with Crippen molar-refractivity contribution in [1.82, 2.24) is 10.2 Å². The van der Waals surface area contributed by atoms with Gasteiger partial charge >= 0.3 is 0 Å². The Balaban J connectivity index is 1.22. The van der Waals surface area contributed by atoms with Gasteiger partial charge in [-0.05, 0) is 80.5 Å². The van der Waals surface area contributed by atoms with Gasteiger partial charge < -0.3 is 25.4 Å². The van der Waals surface area contributed by atoms with Crippen molar-refractivity contribution in [2.45, 2.75) is 76.7 Å². The third-order valence-corrected chi connectivity index (χ3v) is 7.84. The van der Waals surface area contributed by atoms with E-state index in [0.717, 1.165) is 50.6 Å². The summed E-state index contributed by atoms with van der Waals surface area (Å²) in [6.07, 6.45) is 10.2. The van der Waals surface area contributed by atoms with Crippen molar-refractivity contribution in [3.8, 4) is 11.5 Å². The number of hydrogen-bond acceptors (Lipinski definition) is 5. The monoisotopic (exact) mass is 559 g/mol. The van der Waals surface area contributed by atoms with E-state index in [0.29, 0.717) is 54.0 Å². The number of hydrogen-bond donors (Lipinski definition) is 3. The highest BCUT2D eigenvalue weighted by atomic mass is 35.5. The van der Waals surface area contributed by atoms with E-state index in [1.807, 2.05) is 6.07 Å². The average Bonchev–Trinajstić information content (AvgIpc) is 2.94. The van der Waals surface area contributed by atoms with Crippen molar-refractivity contribution in [3.05, 3.63) is 52.3 Å². The molecule has 39 heavy (non-hydrogen) atoms. The number of fused-ring (bicyclic) bond motifs is 1. The van der Waals surface area contributed by atoms with Crippen LogP contribution in [0.3, 0.4) is 0 Å². The highest BCUT2D eigenvalue weighted by Gasteiger charge is 2.25. The Kier molecular flexibility index (Phi) is 10.9. The number of anilines is 1. The van der Waals surface area contributed by atoms with Crippen LogP contribution in [0.25, 0.3) is 0 Å². The van der Waals surface area contributed by atoms with Crippen LogP contribution in [-0.4, -0.2) is 54.1 Å². The summed E-state index contributed by atoms with van der Waals surface area (Å²) in [7, 11) is 0. The number of amides is 2. The van der Waals surface area contributed by atoms with Gasteiger partial charge in [0.15, 0.2) is 12.4 Å². The minimum Gasteiger partial charge on any atom is -0.506 e. The molecule has 2 aromatic rings. The molecule has 1 aliphatic carbocycles. The lowest BCUT2D eigenvalue weighted by atomic mass is 9.93. The van der Waals surface area contributed by atoms with Gasteiger partial charge in [0.25, 0.3) is 5.91 Å². The number of unbranched alkanes of at least 4 members (excludes halogenated alkanes) is 2. The number of carbonyl (C=O) groups excluding carboxylic acids is 2. The van der Waals surface area contributed by atoms with Crippen LogP contribution in [0, 0.1) is 5.82 Å². The Morgan fingerprint density at radius 1 is 1.08 bits per heavy atom. The number of nitrogens with one attached hydrogen (secondary N) is 2. The molecular weight excluding hydrogens is 521 g/mol. The average molecular weight is 560 g/mol. The van der Waals surface area contributed by atoms with Crippen LogP contribution in [0.15, 0.2) is 30.3 Å². The lowest BCUT2D eigenvalue weighted by Crippen LogP contribution is -2.43. The number of benzene rings is 2. The molecule has 2 aromatic carbocycles. The van der Waals surface area contributed by atoms with Gasteiger partial charge in [-0.3, -0.25) is 9.59 Å². The van der Waals surface area contributed by atoms with Crippen LogP contribution < -0.4 is 15.4 Å². The van der Waals surface area contributed by atoms with Crippen molar-refractivity contribution < 1.29 is 23.8 Å². The summed E-state index contributed by atoms with van der Waals surface area (Å²) in [6, 6.07) is 8.32. The normalized spacial score (nSPS) is 15.4. The summed E-state index contributed by atoms with van der Waals surface area (Å²) in [5, 5.41) is 16.5. The molecule has 212 valence electrons. The first-order chi connectivity index (χ1) is 18.9. The molecule has 0 bridgehead atoms. The van der Waals surface area contributed by atoms with Crippen molar-refractivity contribution in [2.24, 2.45) is 0 Å². The van der Waals surface area contributed by atoms with Crippen molar-refractivity contribution in [3.63, 3.8) is 0 Å². The molecule has 3 N–H and O–H groups in total. The summed E-state index contributed by atoms with van der Waals surface area (Å²) in [5.41, 5.74) is 1.89. The van der Waals surface area contributed by atoms with Gasteiger partial charge in [-0.2, -0.15) is 0 Å². The molecule has 0 unspecified atom stereocenters. The van der Waals surface area contributed by atoms with E-state index in [2.05, 4.69) is 15.5 Å². The molecule has 1 fully saturated rings. The third kappa shape index (κ3) is 8.32. The summed E-state index contributed by atoms with van der Waals surface area (Å²) in [6.45, 7) is 1.85. The molecule has 1 aliphatic heterocycles. The Morgan fingerprint density at radius 2 is 1.90 bits per heavy atom. The maximum atomic E-state index is 13.9. The molecule has 1 heterocycles. The quantitative estimate of drug-likeness (QED) is 0.219. The van der Waals surface area contributed by atoms with Crippen LogP contribution >= 0.6 is 11.6 Å². The number of phenols is 1. The SMILES string of the molecule is O=C1COc2c(CCCCCN(C(=O)CCNCCc3cc(Cl)ccc3F)C3CCCCC3)ccc(O)c2N1. The number of ether oxygens (including phenoxy) is 1. The van der Waals surface area contributed by atoms with Gasteiger partial charge in [-0.15, -0.1) is 0 Å². The van der Waals surface area contributed by atoms with Gasteiger partial charge in [-0.25, -0.2) is 4.39 Å². The van der Waals surface area contributed by atoms with Crippen LogP contribution in [0.4, 0.5) is 10.1 Å². The second-order valence-corrected chi connectivity index (χ2v) is 10.9. The van der Waals surface area contributed by atoms with Gasteiger partial charge in [0.05, 0.1) is 0 Å². The van der Waals surface area contributed by atoms with Crippen LogP contribution in [-0.2, 0) is 22.4 Å². The van der Waals surface area contributed by atoms with Gasteiger partial charge in [0.2, 0.25) is 5.91 Å². The van der Waals surface area contributed by atoms with Crippen LogP contribution in [0.5, 0.6) is 11.5 Å². The summed E-state index contributed by atoms with van der Waals surface area (Å²) >= 11 is 5.97. The topological polar surface area (TPSA) is 90.9 Å². The van der Waals surface area contributed by atoms with Gasteiger partial charge in [0, 0.05) is 30.6 Å². The van der Waals surface area contributed by atoms with E-state index >= 15 is 0 Å². The number of rotatable bonds is 13. The fourth-order valence-corrected chi connectivity index (χ4v) is 5.71. The molecule has 2 aliphatic rings. The number of carbonyl (C=O) groups is 2. The lowest BCUT2D eigenvalue weighted by Gasteiger charge is -2.34. The zero-order valence-corrected chi connectivity index (χ0v) is 23.2. The van der Waals surface area contributed by atoms with Gasteiger partial charge in [-0.1, -0.05) is 43.4 Å². The molecule has 9 heteroatoms. The van der Waals surface area contributed by atoms with Crippen LogP contribution in [0.1, 0.15) is 68.9 Å². The maximum Gasteiger partial charge on any atom is 0.262 e. The molecule has 4 rings (SSSR count). The van der Waals surface area contributed by atoms with Crippen molar-refractivity contribution >= 4 is 29.1 Å². The predicted octanol–water partition coefficient (Wildman–Crippen LogP) is 5.61. The first-order valence-electron chi connectivity index (χ1n) is 14.1. The van der Waals surface area contributed by atoms with Gasteiger partial charge in [0.1, 0.15) is 17.3 Å². The summed E-state index contributed by atoms with van der Waals surface area (Å²) < 4.78 is 19.5. The lowest BCUT2D eigenvalue weighted by molar-refractivity contribution is -0.134. The molecule has 7 nitrogen and oxygen atoms in total. The highest BCUT2D eigenvalue weighted by Crippen LogP contribution is 2.39. The summed E-state index contributed by atoms with van der Waals surface area (Å²) in [5.74, 6) is 0.215. The zero-order chi connectivity index (χ0) is 27.6.